The van der Waals surface area contributed by atoms with Crippen LogP contribution in [-0.2, 0) is 0 Å². The van der Waals surface area contributed by atoms with Gasteiger partial charge in [0.05, 0.1) is 0 Å². The molecule has 0 bridgehead atoms. The first-order valence-corrected chi connectivity index (χ1v) is 6.38. The summed E-state index contributed by atoms with van der Waals surface area (Å²) in [7, 11) is 3.95. The van der Waals surface area contributed by atoms with Crippen molar-refractivity contribution >= 4 is 22.4 Å². The Labute approximate surface area is 105 Å². The fourth-order valence-electron chi connectivity index (χ4n) is 1.04. The Hall–Kier alpha value is -1.21. The highest BCUT2D eigenvalue weighted by Gasteiger charge is 2.13. The smallest absolute Gasteiger partial charge is 0.282 e. The monoisotopic (exact) mass is 257 g/mol. The molecule has 0 radical (unpaired) electrons. The molecule has 0 aliphatic carbocycles. The number of amides is 1. The maximum absolute atomic E-state index is 11.7. The lowest BCUT2D eigenvalue weighted by Gasteiger charge is -2.19. The summed E-state index contributed by atoms with van der Waals surface area (Å²) in [4.78, 5) is 13.8. The molecule has 0 saturated carbocycles. The van der Waals surface area contributed by atoms with E-state index in [-0.39, 0.29) is 5.91 Å². The lowest BCUT2D eigenvalue weighted by molar-refractivity contribution is 0.0942. The minimum absolute atomic E-state index is 0.166. The molecule has 96 valence electrons. The Kier molecular flexibility index (Phi) is 5.30. The Balaban J connectivity index is 2.46. The van der Waals surface area contributed by atoms with E-state index in [1.165, 1.54) is 11.3 Å². The summed E-state index contributed by atoms with van der Waals surface area (Å²) in [5, 5.41) is 14.6. The van der Waals surface area contributed by atoms with Crippen molar-refractivity contribution < 1.29 is 4.79 Å². The standard InChI is InChI=1S/C10H19N5OS/c1-5-11-10-14-13-9(17-10)8(16)12-6-7(2)15(3)4/h7H,5-6H2,1-4H3,(H,11,14)(H,12,16). The molecule has 2 N–H and O–H groups in total. The first kappa shape index (κ1) is 13.9. The van der Waals surface area contributed by atoms with Crippen LogP contribution in [-0.4, -0.2) is 54.2 Å². The Morgan fingerprint density at radius 1 is 1.47 bits per heavy atom. The molecule has 0 saturated heterocycles. The topological polar surface area (TPSA) is 70.1 Å². The van der Waals surface area contributed by atoms with Gasteiger partial charge in [-0.3, -0.25) is 4.79 Å². The normalized spacial score (nSPS) is 12.5. The van der Waals surface area contributed by atoms with Gasteiger partial charge in [-0.05, 0) is 27.9 Å². The summed E-state index contributed by atoms with van der Waals surface area (Å²) in [6.45, 7) is 5.39. The number of nitrogens with one attached hydrogen (secondary N) is 2. The molecular weight excluding hydrogens is 238 g/mol. The molecule has 1 atom stereocenters. The number of carbonyl (C=O) groups excluding carboxylic acids is 1. The molecule has 1 aromatic rings. The molecule has 0 aliphatic rings. The Morgan fingerprint density at radius 2 is 2.18 bits per heavy atom. The van der Waals surface area contributed by atoms with Crippen molar-refractivity contribution in [1.82, 2.24) is 20.4 Å². The molecule has 6 nitrogen and oxygen atoms in total. The first-order valence-electron chi connectivity index (χ1n) is 5.56. The number of likely N-dealkylation sites (N-methyl/N-ethyl adjacent to an activating group) is 1. The second kappa shape index (κ2) is 6.51. The highest BCUT2D eigenvalue weighted by atomic mass is 32.1. The predicted molar refractivity (Wildman–Crippen MR) is 69.6 cm³/mol. The number of aromatic nitrogens is 2. The summed E-state index contributed by atoms with van der Waals surface area (Å²) < 4.78 is 0. The van der Waals surface area contributed by atoms with Crippen LogP contribution in [0.25, 0.3) is 0 Å². The molecule has 0 aromatic carbocycles. The van der Waals surface area contributed by atoms with E-state index in [2.05, 4.69) is 20.8 Å². The van der Waals surface area contributed by atoms with Crippen LogP contribution in [0.5, 0.6) is 0 Å². The number of hydrogen-bond donors (Lipinski definition) is 2. The third-order valence-corrected chi connectivity index (χ3v) is 3.27. The van der Waals surface area contributed by atoms with E-state index >= 15 is 0 Å². The van der Waals surface area contributed by atoms with E-state index in [0.717, 1.165) is 6.54 Å². The highest BCUT2D eigenvalue weighted by Crippen LogP contribution is 2.14. The third-order valence-electron chi connectivity index (χ3n) is 2.39. The van der Waals surface area contributed by atoms with Crippen molar-refractivity contribution in [2.24, 2.45) is 0 Å². The van der Waals surface area contributed by atoms with Crippen molar-refractivity contribution in [3.63, 3.8) is 0 Å². The zero-order chi connectivity index (χ0) is 12.8. The molecule has 0 fully saturated rings. The van der Waals surface area contributed by atoms with Gasteiger partial charge in [0, 0.05) is 19.1 Å². The fraction of sp³-hybridized carbons (Fsp3) is 0.700. The maximum atomic E-state index is 11.7. The lowest BCUT2D eigenvalue weighted by atomic mass is 10.3. The van der Waals surface area contributed by atoms with Crippen LogP contribution in [0.15, 0.2) is 0 Å². The van der Waals surface area contributed by atoms with Gasteiger partial charge < -0.3 is 15.5 Å². The molecule has 0 spiro atoms. The summed E-state index contributed by atoms with van der Waals surface area (Å²) in [5.41, 5.74) is 0. The van der Waals surface area contributed by atoms with E-state index in [1.54, 1.807) is 0 Å². The maximum Gasteiger partial charge on any atom is 0.282 e. The molecular formula is C10H19N5OS. The molecule has 0 aliphatic heterocycles. The van der Waals surface area contributed by atoms with Gasteiger partial charge in [0.1, 0.15) is 0 Å². The number of nitrogens with zero attached hydrogens (tertiary/aromatic N) is 3. The van der Waals surface area contributed by atoms with E-state index in [4.69, 9.17) is 0 Å². The lowest BCUT2D eigenvalue weighted by Crippen LogP contribution is -2.38. The Bertz CT molecular complexity index is 365. The fourth-order valence-corrected chi connectivity index (χ4v) is 1.76. The van der Waals surface area contributed by atoms with E-state index in [1.807, 2.05) is 32.8 Å². The van der Waals surface area contributed by atoms with Gasteiger partial charge in [0.15, 0.2) is 0 Å². The number of rotatable bonds is 6. The van der Waals surface area contributed by atoms with Crippen molar-refractivity contribution in [2.45, 2.75) is 19.9 Å². The third kappa shape index (κ3) is 4.27. The summed E-state index contributed by atoms with van der Waals surface area (Å²) >= 11 is 1.27. The van der Waals surface area contributed by atoms with Crippen molar-refractivity contribution in [2.75, 3.05) is 32.5 Å². The van der Waals surface area contributed by atoms with Crippen LogP contribution in [0.1, 0.15) is 23.6 Å². The predicted octanol–water partition coefficient (Wildman–Crippen LogP) is 0.650. The highest BCUT2D eigenvalue weighted by molar-refractivity contribution is 7.17. The van der Waals surface area contributed by atoms with Gasteiger partial charge in [-0.1, -0.05) is 11.3 Å². The van der Waals surface area contributed by atoms with Crippen LogP contribution in [0, 0.1) is 0 Å². The first-order chi connectivity index (χ1) is 8.04. The van der Waals surface area contributed by atoms with Gasteiger partial charge in [-0.2, -0.15) is 0 Å². The average molecular weight is 257 g/mol. The van der Waals surface area contributed by atoms with Crippen LogP contribution >= 0.6 is 11.3 Å². The molecule has 1 amide bonds. The number of hydrogen-bond acceptors (Lipinski definition) is 6. The van der Waals surface area contributed by atoms with Crippen molar-refractivity contribution in [1.29, 1.82) is 0 Å². The van der Waals surface area contributed by atoms with Crippen molar-refractivity contribution in [3.8, 4) is 0 Å². The van der Waals surface area contributed by atoms with Crippen LogP contribution in [0.4, 0.5) is 5.13 Å². The Morgan fingerprint density at radius 3 is 2.76 bits per heavy atom. The second-order valence-corrected chi connectivity index (χ2v) is 4.94. The van der Waals surface area contributed by atoms with Crippen LogP contribution in [0.3, 0.4) is 0 Å². The summed E-state index contributed by atoms with van der Waals surface area (Å²) in [6, 6.07) is 0.292. The van der Waals surface area contributed by atoms with Crippen molar-refractivity contribution in [3.05, 3.63) is 5.01 Å². The zero-order valence-corrected chi connectivity index (χ0v) is 11.5. The molecule has 1 heterocycles. The van der Waals surface area contributed by atoms with Gasteiger partial charge in [-0.15, -0.1) is 10.2 Å². The van der Waals surface area contributed by atoms with Gasteiger partial charge >= 0.3 is 0 Å². The molecule has 1 rings (SSSR count). The summed E-state index contributed by atoms with van der Waals surface area (Å²) in [6.07, 6.45) is 0. The van der Waals surface area contributed by atoms with E-state index < -0.39 is 0 Å². The summed E-state index contributed by atoms with van der Waals surface area (Å²) in [5.74, 6) is -0.166. The number of carbonyl (C=O) groups is 1. The molecule has 17 heavy (non-hydrogen) atoms. The minimum atomic E-state index is -0.166. The second-order valence-electron chi connectivity index (χ2n) is 3.97. The molecule has 1 aromatic heterocycles. The quantitative estimate of drug-likeness (QED) is 0.783. The average Bonchev–Trinajstić information content (AvgIpc) is 2.74. The largest absolute Gasteiger partial charge is 0.360 e. The molecule has 7 heteroatoms. The van der Waals surface area contributed by atoms with E-state index in [0.29, 0.717) is 22.7 Å². The van der Waals surface area contributed by atoms with Crippen LogP contribution < -0.4 is 10.6 Å². The minimum Gasteiger partial charge on any atom is -0.360 e. The number of anilines is 1. The van der Waals surface area contributed by atoms with Gasteiger partial charge in [-0.25, -0.2) is 0 Å². The van der Waals surface area contributed by atoms with E-state index in [9.17, 15) is 4.79 Å². The molecule has 1 unspecified atom stereocenters. The zero-order valence-electron chi connectivity index (χ0n) is 10.6. The van der Waals surface area contributed by atoms with Gasteiger partial charge in [0.25, 0.3) is 5.91 Å². The SMILES string of the molecule is CCNc1nnc(C(=O)NCC(C)N(C)C)s1. The van der Waals surface area contributed by atoms with Gasteiger partial charge in [0.2, 0.25) is 10.1 Å². The van der Waals surface area contributed by atoms with Crippen LogP contribution in [0.2, 0.25) is 0 Å².